The summed E-state index contributed by atoms with van der Waals surface area (Å²) in [4.78, 5) is 21.2. The van der Waals surface area contributed by atoms with Crippen LogP contribution in [-0.2, 0) is 0 Å². The number of hydrogen-bond acceptors (Lipinski definition) is 4. The van der Waals surface area contributed by atoms with Crippen LogP contribution in [-0.4, -0.2) is 10.7 Å². The first-order valence-corrected chi connectivity index (χ1v) is 4.66. The second kappa shape index (κ2) is 4.19. The summed E-state index contributed by atoms with van der Waals surface area (Å²) in [6.45, 7) is 1.19. The van der Waals surface area contributed by atoms with Crippen molar-refractivity contribution < 1.29 is 9.72 Å². The lowest BCUT2D eigenvalue weighted by atomic mass is 10.0. The second-order valence-corrected chi connectivity index (χ2v) is 3.60. The number of Topliss-reactive ketones (excluding diaryl/α,β-unsaturated/α-hetero) is 1. The smallest absolute Gasteiger partial charge is 0.281 e. The van der Waals surface area contributed by atoms with Gasteiger partial charge in [0.15, 0.2) is 5.78 Å². The molecule has 0 amide bonds. The molecule has 0 radical (unpaired) electrons. The molecule has 0 spiro atoms. The molecule has 0 fully saturated rings. The Morgan fingerprint density at radius 1 is 1.60 bits per heavy atom. The number of rotatable bonds is 2. The van der Waals surface area contributed by atoms with E-state index >= 15 is 0 Å². The first-order chi connectivity index (χ1) is 6.99. The molecular weight excluding hydrogens is 264 g/mol. The number of nitrogens with zero attached hydrogens (tertiary/aromatic N) is 2. The Labute approximate surface area is 93.6 Å². The Balaban J connectivity index is 3.66. The van der Waals surface area contributed by atoms with Crippen molar-refractivity contribution >= 4 is 27.4 Å². The van der Waals surface area contributed by atoms with E-state index in [9.17, 15) is 14.9 Å². The highest BCUT2D eigenvalue weighted by molar-refractivity contribution is 9.10. The lowest BCUT2D eigenvalue weighted by Gasteiger charge is -2.02. The maximum absolute atomic E-state index is 11.2. The molecule has 76 valence electrons. The van der Waals surface area contributed by atoms with Crippen LogP contribution in [0.25, 0.3) is 0 Å². The van der Waals surface area contributed by atoms with Gasteiger partial charge in [-0.15, -0.1) is 0 Å². The molecule has 0 aliphatic carbocycles. The number of nitro benzene ring substituents is 1. The van der Waals surface area contributed by atoms with Gasteiger partial charge < -0.3 is 0 Å². The summed E-state index contributed by atoms with van der Waals surface area (Å²) >= 11 is 3.06. The van der Waals surface area contributed by atoms with Crippen molar-refractivity contribution in [1.29, 1.82) is 5.26 Å². The van der Waals surface area contributed by atoms with Crippen LogP contribution in [0.1, 0.15) is 22.8 Å². The number of ketones is 1. The van der Waals surface area contributed by atoms with E-state index in [1.807, 2.05) is 0 Å². The van der Waals surface area contributed by atoms with E-state index in [4.69, 9.17) is 5.26 Å². The van der Waals surface area contributed by atoms with Crippen LogP contribution in [0.3, 0.4) is 0 Å². The number of hydrogen-bond donors (Lipinski definition) is 0. The van der Waals surface area contributed by atoms with Crippen molar-refractivity contribution in [1.82, 2.24) is 0 Å². The van der Waals surface area contributed by atoms with E-state index in [2.05, 4.69) is 15.9 Å². The van der Waals surface area contributed by atoms with Gasteiger partial charge >= 0.3 is 0 Å². The van der Waals surface area contributed by atoms with E-state index in [1.54, 1.807) is 6.07 Å². The van der Waals surface area contributed by atoms with Gasteiger partial charge in [0.25, 0.3) is 5.69 Å². The molecule has 15 heavy (non-hydrogen) atoms. The molecule has 0 aromatic heterocycles. The second-order valence-electron chi connectivity index (χ2n) is 2.74. The van der Waals surface area contributed by atoms with Crippen LogP contribution >= 0.6 is 15.9 Å². The quantitative estimate of drug-likeness (QED) is 0.469. The minimum atomic E-state index is -0.677. The average Bonchev–Trinajstić information content (AvgIpc) is 2.16. The number of nitro groups is 1. The first kappa shape index (κ1) is 11.3. The van der Waals surface area contributed by atoms with Crippen molar-refractivity contribution in [2.24, 2.45) is 0 Å². The van der Waals surface area contributed by atoms with E-state index in [-0.39, 0.29) is 16.8 Å². The van der Waals surface area contributed by atoms with E-state index in [1.165, 1.54) is 19.1 Å². The average molecular weight is 269 g/mol. The topological polar surface area (TPSA) is 84.0 Å². The third kappa shape index (κ3) is 2.02. The molecule has 0 unspecified atom stereocenters. The largest absolute Gasteiger partial charge is 0.294 e. The van der Waals surface area contributed by atoms with Crippen LogP contribution in [0, 0.1) is 21.4 Å². The number of carbonyl (C=O) groups excluding carboxylic acids is 1. The minimum absolute atomic E-state index is 0.00306. The fourth-order valence-electron chi connectivity index (χ4n) is 1.18. The Hall–Kier alpha value is -1.74. The van der Waals surface area contributed by atoms with Crippen molar-refractivity contribution in [3.05, 3.63) is 37.8 Å². The molecular formula is C9H5BrN2O3. The van der Waals surface area contributed by atoms with E-state index in [0.717, 1.165) is 0 Å². The van der Waals surface area contributed by atoms with Crippen LogP contribution < -0.4 is 0 Å². The molecule has 0 saturated heterocycles. The molecule has 0 atom stereocenters. The van der Waals surface area contributed by atoms with Crippen LogP contribution in [0.15, 0.2) is 16.6 Å². The summed E-state index contributed by atoms with van der Waals surface area (Å²) in [5.41, 5.74) is -0.504. The van der Waals surface area contributed by atoms with Gasteiger partial charge in [-0.3, -0.25) is 14.9 Å². The third-order valence-electron chi connectivity index (χ3n) is 1.79. The zero-order valence-electron chi connectivity index (χ0n) is 7.65. The Bertz CT molecular complexity index is 491. The molecule has 6 heteroatoms. The third-order valence-corrected chi connectivity index (χ3v) is 2.45. The summed E-state index contributed by atoms with van der Waals surface area (Å²) in [6, 6.07) is 4.34. The summed E-state index contributed by atoms with van der Waals surface area (Å²) in [6.07, 6.45) is 0. The molecule has 0 heterocycles. The zero-order valence-corrected chi connectivity index (χ0v) is 9.24. The molecule has 1 aromatic rings. The van der Waals surface area contributed by atoms with Gasteiger partial charge in [-0.05, 0) is 28.9 Å². The van der Waals surface area contributed by atoms with Crippen molar-refractivity contribution in [2.75, 3.05) is 0 Å². The standard InChI is InChI=1S/C9H5BrN2O3/c1-5(13)9-6(4-11)7(10)2-3-8(9)12(14)15/h2-3H,1H3. The van der Waals surface area contributed by atoms with E-state index in [0.29, 0.717) is 4.47 Å². The van der Waals surface area contributed by atoms with Crippen molar-refractivity contribution in [3.63, 3.8) is 0 Å². The maximum atomic E-state index is 11.2. The number of benzene rings is 1. The Kier molecular flexibility index (Phi) is 3.17. The first-order valence-electron chi connectivity index (χ1n) is 3.87. The number of nitriles is 1. The highest BCUT2D eigenvalue weighted by Gasteiger charge is 2.23. The van der Waals surface area contributed by atoms with Gasteiger partial charge in [-0.2, -0.15) is 5.26 Å². The molecule has 0 N–H and O–H groups in total. The maximum Gasteiger partial charge on any atom is 0.281 e. The van der Waals surface area contributed by atoms with Crippen LogP contribution in [0.4, 0.5) is 5.69 Å². The summed E-state index contributed by atoms with van der Waals surface area (Å²) in [5, 5.41) is 19.4. The van der Waals surface area contributed by atoms with Gasteiger partial charge in [-0.1, -0.05) is 0 Å². The Morgan fingerprint density at radius 2 is 2.20 bits per heavy atom. The predicted octanol–water partition coefficient (Wildman–Crippen LogP) is 2.43. The molecule has 5 nitrogen and oxygen atoms in total. The highest BCUT2D eigenvalue weighted by atomic mass is 79.9. The SMILES string of the molecule is CC(=O)c1c([N+](=O)[O-])ccc(Br)c1C#N. The fraction of sp³-hybridized carbons (Fsp3) is 0.111. The molecule has 0 aliphatic heterocycles. The van der Waals surface area contributed by atoms with Gasteiger partial charge in [0.05, 0.1) is 10.5 Å². The minimum Gasteiger partial charge on any atom is -0.294 e. The highest BCUT2D eigenvalue weighted by Crippen LogP contribution is 2.28. The summed E-state index contributed by atoms with van der Waals surface area (Å²) < 4.78 is 0.376. The number of halogens is 1. The normalized spacial score (nSPS) is 9.40. The van der Waals surface area contributed by atoms with Gasteiger partial charge in [0.2, 0.25) is 0 Å². The monoisotopic (exact) mass is 268 g/mol. The lowest BCUT2D eigenvalue weighted by molar-refractivity contribution is -0.385. The summed E-state index contributed by atoms with van der Waals surface area (Å²) in [7, 11) is 0. The predicted molar refractivity (Wildman–Crippen MR) is 55.5 cm³/mol. The lowest BCUT2D eigenvalue weighted by Crippen LogP contribution is -2.03. The van der Waals surface area contributed by atoms with Gasteiger partial charge in [0, 0.05) is 10.5 Å². The molecule has 0 bridgehead atoms. The van der Waals surface area contributed by atoms with Crippen LogP contribution in [0.2, 0.25) is 0 Å². The fourth-order valence-corrected chi connectivity index (χ4v) is 1.60. The Morgan fingerprint density at radius 3 is 2.60 bits per heavy atom. The molecule has 0 aliphatic rings. The van der Waals surface area contributed by atoms with Gasteiger partial charge in [0.1, 0.15) is 11.6 Å². The molecule has 1 rings (SSSR count). The van der Waals surface area contributed by atoms with Crippen molar-refractivity contribution in [3.8, 4) is 6.07 Å². The zero-order chi connectivity index (χ0) is 11.6. The molecule has 0 saturated carbocycles. The van der Waals surface area contributed by atoms with Gasteiger partial charge in [-0.25, -0.2) is 0 Å². The van der Waals surface area contributed by atoms with Crippen molar-refractivity contribution in [2.45, 2.75) is 6.92 Å². The summed E-state index contributed by atoms with van der Waals surface area (Å²) in [5.74, 6) is -0.500. The number of carbonyl (C=O) groups is 1. The van der Waals surface area contributed by atoms with E-state index < -0.39 is 10.7 Å². The molecule has 1 aromatic carbocycles. The van der Waals surface area contributed by atoms with Crippen LogP contribution in [0.5, 0.6) is 0 Å².